The molecule has 0 amide bonds. The lowest BCUT2D eigenvalue weighted by atomic mass is 10.1. The van der Waals surface area contributed by atoms with Gasteiger partial charge in [-0.05, 0) is 31.5 Å². The molecule has 4 nitrogen and oxygen atoms in total. The van der Waals surface area contributed by atoms with Gasteiger partial charge in [0.15, 0.2) is 0 Å². The molecule has 0 aliphatic carbocycles. The number of ether oxygens (including phenoxy) is 1. The molecule has 4 heteroatoms. The maximum atomic E-state index is 8.60. The maximum absolute atomic E-state index is 8.60. The van der Waals surface area contributed by atoms with Crippen LogP contribution in [0.25, 0.3) is 0 Å². The van der Waals surface area contributed by atoms with Gasteiger partial charge in [-0.15, -0.1) is 0 Å². The van der Waals surface area contributed by atoms with Gasteiger partial charge in [0.05, 0.1) is 6.20 Å². The van der Waals surface area contributed by atoms with Crippen LogP contribution in [0.2, 0.25) is 0 Å². The molecule has 1 aliphatic rings. The van der Waals surface area contributed by atoms with Crippen LogP contribution in [-0.4, -0.2) is 24.2 Å². The molecule has 1 unspecified atom stereocenters. The molecule has 0 radical (unpaired) electrons. The third-order valence-electron chi connectivity index (χ3n) is 2.71. The van der Waals surface area contributed by atoms with Crippen molar-refractivity contribution in [1.29, 1.82) is 5.26 Å². The Kier molecular flexibility index (Phi) is 3.73. The van der Waals surface area contributed by atoms with E-state index in [1.807, 2.05) is 6.07 Å². The Morgan fingerprint density at radius 2 is 2.44 bits per heavy atom. The Labute approximate surface area is 95.3 Å². The SMILES string of the molecule is N#Cc1ccc(OCC2CCCCN2)cn1. The Hall–Kier alpha value is -1.60. The topological polar surface area (TPSA) is 57.9 Å². The van der Waals surface area contributed by atoms with Crippen molar-refractivity contribution in [3.63, 3.8) is 0 Å². The minimum atomic E-state index is 0.420. The molecule has 1 aromatic heterocycles. The summed E-state index contributed by atoms with van der Waals surface area (Å²) in [5.41, 5.74) is 0.420. The lowest BCUT2D eigenvalue weighted by Crippen LogP contribution is -2.38. The lowest BCUT2D eigenvalue weighted by molar-refractivity contribution is 0.238. The molecule has 1 atom stereocenters. The molecule has 2 heterocycles. The fourth-order valence-corrected chi connectivity index (χ4v) is 1.79. The number of hydrogen-bond acceptors (Lipinski definition) is 4. The third kappa shape index (κ3) is 2.94. The van der Waals surface area contributed by atoms with Crippen molar-refractivity contribution in [3.05, 3.63) is 24.0 Å². The molecule has 84 valence electrons. The van der Waals surface area contributed by atoms with Crippen LogP contribution in [0.3, 0.4) is 0 Å². The van der Waals surface area contributed by atoms with Gasteiger partial charge in [-0.2, -0.15) is 5.26 Å². The summed E-state index contributed by atoms with van der Waals surface area (Å²) in [5.74, 6) is 0.728. The highest BCUT2D eigenvalue weighted by Crippen LogP contribution is 2.12. The van der Waals surface area contributed by atoms with Crippen molar-refractivity contribution in [2.45, 2.75) is 25.3 Å². The van der Waals surface area contributed by atoms with Crippen molar-refractivity contribution < 1.29 is 4.74 Å². The first-order valence-corrected chi connectivity index (χ1v) is 5.61. The molecule has 1 aromatic rings. The number of pyridine rings is 1. The van der Waals surface area contributed by atoms with E-state index in [1.54, 1.807) is 18.3 Å². The minimum Gasteiger partial charge on any atom is -0.490 e. The number of nitrogens with zero attached hydrogens (tertiary/aromatic N) is 2. The van der Waals surface area contributed by atoms with Crippen molar-refractivity contribution in [3.8, 4) is 11.8 Å². The molecule has 16 heavy (non-hydrogen) atoms. The summed E-state index contributed by atoms with van der Waals surface area (Å²) in [6.07, 6.45) is 5.30. The standard InChI is InChI=1S/C12H15N3O/c13-7-10-4-5-12(8-15-10)16-9-11-3-1-2-6-14-11/h4-5,8,11,14H,1-3,6,9H2. The summed E-state index contributed by atoms with van der Waals surface area (Å²) in [5, 5.41) is 12.0. The van der Waals surface area contributed by atoms with Gasteiger partial charge in [-0.25, -0.2) is 4.98 Å². The second-order valence-electron chi connectivity index (χ2n) is 3.95. The van der Waals surface area contributed by atoms with Crippen molar-refractivity contribution in [2.24, 2.45) is 0 Å². The first-order valence-electron chi connectivity index (χ1n) is 5.61. The largest absolute Gasteiger partial charge is 0.490 e. The van der Waals surface area contributed by atoms with Gasteiger partial charge in [0.2, 0.25) is 0 Å². The Bertz CT molecular complexity index is 363. The number of piperidine rings is 1. The number of hydrogen-bond donors (Lipinski definition) is 1. The summed E-state index contributed by atoms with van der Waals surface area (Å²) in [4.78, 5) is 3.95. The van der Waals surface area contributed by atoms with Gasteiger partial charge < -0.3 is 10.1 Å². The van der Waals surface area contributed by atoms with Crippen molar-refractivity contribution >= 4 is 0 Å². The molecule has 0 bridgehead atoms. The van der Waals surface area contributed by atoms with Crippen LogP contribution in [0.1, 0.15) is 25.0 Å². The van der Waals surface area contributed by atoms with E-state index in [4.69, 9.17) is 10.00 Å². The van der Waals surface area contributed by atoms with Crippen LogP contribution < -0.4 is 10.1 Å². The molecule has 0 spiro atoms. The molecule has 1 N–H and O–H groups in total. The summed E-state index contributed by atoms with van der Waals surface area (Å²) >= 11 is 0. The Morgan fingerprint density at radius 1 is 1.50 bits per heavy atom. The van der Waals surface area contributed by atoms with Gasteiger partial charge >= 0.3 is 0 Å². The molecule has 0 saturated carbocycles. The van der Waals surface area contributed by atoms with Crippen LogP contribution in [0, 0.1) is 11.3 Å². The highest BCUT2D eigenvalue weighted by atomic mass is 16.5. The highest BCUT2D eigenvalue weighted by molar-refractivity contribution is 5.26. The Balaban J connectivity index is 1.82. The molecular weight excluding hydrogens is 202 g/mol. The zero-order valence-corrected chi connectivity index (χ0v) is 9.15. The van der Waals surface area contributed by atoms with Crippen LogP contribution in [0.15, 0.2) is 18.3 Å². The summed E-state index contributed by atoms with van der Waals surface area (Å²) in [6.45, 7) is 1.76. The fourth-order valence-electron chi connectivity index (χ4n) is 1.79. The zero-order valence-electron chi connectivity index (χ0n) is 9.15. The van der Waals surface area contributed by atoms with E-state index in [-0.39, 0.29) is 0 Å². The van der Waals surface area contributed by atoms with Gasteiger partial charge in [-0.1, -0.05) is 6.42 Å². The molecule has 1 fully saturated rings. The summed E-state index contributed by atoms with van der Waals surface area (Å²) in [6, 6.07) is 5.89. The van der Waals surface area contributed by atoms with Crippen LogP contribution in [-0.2, 0) is 0 Å². The van der Waals surface area contributed by atoms with Gasteiger partial charge in [0, 0.05) is 6.04 Å². The second-order valence-corrected chi connectivity index (χ2v) is 3.95. The normalized spacial score (nSPS) is 20.1. The summed E-state index contributed by atoms with van der Waals surface area (Å²) in [7, 11) is 0. The highest BCUT2D eigenvalue weighted by Gasteiger charge is 2.12. The first-order chi connectivity index (χ1) is 7.88. The predicted octanol–water partition coefficient (Wildman–Crippen LogP) is 1.47. The zero-order chi connectivity index (χ0) is 11.2. The molecule has 1 aliphatic heterocycles. The maximum Gasteiger partial charge on any atom is 0.140 e. The lowest BCUT2D eigenvalue weighted by Gasteiger charge is -2.23. The van der Waals surface area contributed by atoms with Crippen molar-refractivity contribution in [1.82, 2.24) is 10.3 Å². The van der Waals surface area contributed by atoms with E-state index in [0.29, 0.717) is 18.3 Å². The average Bonchev–Trinajstić information content (AvgIpc) is 2.38. The number of aromatic nitrogens is 1. The van der Waals surface area contributed by atoms with E-state index in [1.165, 1.54) is 19.3 Å². The molecular formula is C12H15N3O. The number of nitrogens with one attached hydrogen (secondary N) is 1. The van der Waals surface area contributed by atoms with E-state index in [2.05, 4.69) is 10.3 Å². The molecule has 2 rings (SSSR count). The average molecular weight is 217 g/mol. The van der Waals surface area contributed by atoms with Crippen LogP contribution in [0.5, 0.6) is 5.75 Å². The van der Waals surface area contributed by atoms with E-state index >= 15 is 0 Å². The fraction of sp³-hybridized carbons (Fsp3) is 0.500. The first kappa shape index (κ1) is 10.9. The quantitative estimate of drug-likeness (QED) is 0.833. The van der Waals surface area contributed by atoms with Gasteiger partial charge in [0.25, 0.3) is 0 Å². The summed E-state index contributed by atoms with van der Waals surface area (Å²) < 4.78 is 5.61. The number of nitriles is 1. The number of rotatable bonds is 3. The van der Waals surface area contributed by atoms with Gasteiger partial charge in [-0.3, -0.25) is 0 Å². The second kappa shape index (κ2) is 5.47. The van der Waals surface area contributed by atoms with Gasteiger partial charge in [0.1, 0.15) is 24.1 Å². The molecule has 1 saturated heterocycles. The third-order valence-corrected chi connectivity index (χ3v) is 2.71. The van der Waals surface area contributed by atoms with Crippen molar-refractivity contribution in [2.75, 3.05) is 13.2 Å². The predicted molar refractivity (Wildman–Crippen MR) is 60.1 cm³/mol. The van der Waals surface area contributed by atoms with E-state index in [9.17, 15) is 0 Å². The van der Waals surface area contributed by atoms with Crippen LogP contribution >= 0.6 is 0 Å². The van der Waals surface area contributed by atoms with E-state index < -0.39 is 0 Å². The Morgan fingerprint density at radius 3 is 3.06 bits per heavy atom. The van der Waals surface area contributed by atoms with Crippen LogP contribution in [0.4, 0.5) is 0 Å². The monoisotopic (exact) mass is 217 g/mol. The van der Waals surface area contributed by atoms with E-state index in [0.717, 1.165) is 12.3 Å². The smallest absolute Gasteiger partial charge is 0.140 e. The molecule has 0 aromatic carbocycles. The minimum absolute atomic E-state index is 0.420.